The Morgan fingerprint density at radius 2 is 1.59 bits per heavy atom. The van der Waals surface area contributed by atoms with Crippen LogP contribution in [0.5, 0.6) is 0 Å². The number of rotatable bonds is 7. The minimum atomic E-state index is -4.80. The van der Waals surface area contributed by atoms with Gasteiger partial charge in [0.05, 0.1) is 6.61 Å². The SMILES string of the molecule is O=CC(O)C(O)C(O)C(O)COP(=O)(O)O.[Ba]. The quantitative estimate of drug-likeness (QED) is 0.144. The Morgan fingerprint density at radius 1 is 1.12 bits per heavy atom. The summed E-state index contributed by atoms with van der Waals surface area (Å²) in [5.41, 5.74) is 0. The van der Waals surface area contributed by atoms with Gasteiger partial charge in [-0.2, -0.15) is 0 Å². The van der Waals surface area contributed by atoms with E-state index in [1.54, 1.807) is 0 Å². The monoisotopic (exact) mass is 398 g/mol. The summed E-state index contributed by atoms with van der Waals surface area (Å²) in [5.74, 6) is 0. The molecule has 0 aromatic carbocycles. The van der Waals surface area contributed by atoms with Crippen molar-refractivity contribution in [2.45, 2.75) is 24.4 Å². The molecule has 0 aliphatic carbocycles. The first kappa shape index (κ1) is 20.5. The zero-order valence-electron chi connectivity index (χ0n) is 8.66. The van der Waals surface area contributed by atoms with E-state index in [1.165, 1.54) is 0 Å². The zero-order chi connectivity index (χ0) is 12.9. The third kappa shape index (κ3) is 8.83. The third-order valence-electron chi connectivity index (χ3n) is 1.65. The van der Waals surface area contributed by atoms with E-state index in [9.17, 15) is 9.36 Å². The Labute approximate surface area is 137 Å². The summed E-state index contributed by atoms with van der Waals surface area (Å²) in [7, 11) is -4.80. The van der Waals surface area contributed by atoms with Crippen LogP contribution in [-0.2, 0) is 13.9 Å². The molecule has 0 saturated carbocycles. The number of aliphatic hydroxyl groups excluding tert-OH is 4. The molecule has 0 aliphatic heterocycles. The van der Waals surface area contributed by atoms with Crippen molar-refractivity contribution in [2.75, 3.05) is 6.61 Å². The van der Waals surface area contributed by atoms with E-state index in [-0.39, 0.29) is 55.2 Å². The van der Waals surface area contributed by atoms with Crippen molar-refractivity contribution in [2.24, 2.45) is 0 Å². The van der Waals surface area contributed by atoms with Crippen LogP contribution in [0.25, 0.3) is 0 Å². The van der Waals surface area contributed by atoms with Crippen LogP contribution >= 0.6 is 7.82 Å². The van der Waals surface area contributed by atoms with Crippen LogP contribution < -0.4 is 0 Å². The molecule has 0 aromatic rings. The predicted octanol–water partition coefficient (Wildman–Crippen LogP) is -3.64. The van der Waals surface area contributed by atoms with Gasteiger partial charge in [0.2, 0.25) is 0 Å². The fourth-order valence-corrected chi connectivity index (χ4v) is 1.13. The fourth-order valence-electron chi connectivity index (χ4n) is 0.782. The molecule has 0 bridgehead atoms. The molecule has 4 unspecified atom stereocenters. The number of aldehydes is 1. The second kappa shape index (κ2) is 9.15. The smallest absolute Gasteiger partial charge is 0.388 e. The average Bonchev–Trinajstić information content (AvgIpc) is 2.21. The van der Waals surface area contributed by atoms with E-state index in [1.807, 2.05) is 0 Å². The van der Waals surface area contributed by atoms with E-state index >= 15 is 0 Å². The maximum atomic E-state index is 10.2. The molecule has 11 heteroatoms. The second-order valence-electron chi connectivity index (χ2n) is 2.96. The summed E-state index contributed by atoms with van der Waals surface area (Å²) in [6.07, 6.45) is -7.80. The number of phosphoric ester groups is 1. The van der Waals surface area contributed by atoms with Gasteiger partial charge in [0.25, 0.3) is 0 Å². The Hall–Kier alpha value is 1.19. The van der Waals surface area contributed by atoms with Crippen molar-refractivity contribution < 1.29 is 44.1 Å². The van der Waals surface area contributed by atoms with Gasteiger partial charge in [0.15, 0.2) is 6.29 Å². The number of aliphatic hydroxyl groups is 4. The molecule has 0 saturated heterocycles. The summed E-state index contributed by atoms with van der Waals surface area (Å²) in [6.45, 7) is -0.964. The molecular weight excluding hydrogens is 384 g/mol. The van der Waals surface area contributed by atoms with Gasteiger partial charge < -0.3 is 35.0 Å². The van der Waals surface area contributed by atoms with Crippen molar-refractivity contribution >= 4 is 63.0 Å². The molecular formula is C6H13BaO9P. The fraction of sp³-hybridized carbons (Fsp3) is 0.833. The number of hydrogen-bond acceptors (Lipinski definition) is 7. The standard InChI is InChI=1S/C6H13O9P.Ba/c7-1-3(8)5(10)6(11)4(9)2-15-16(12,13)14;/h1,3-6,8-11H,2H2,(H2,12,13,14);. The van der Waals surface area contributed by atoms with E-state index in [4.69, 9.17) is 30.2 Å². The van der Waals surface area contributed by atoms with Crippen LogP contribution in [0.4, 0.5) is 0 Å². The van der Waals surface area contributed by atoms with Crippen LogP contribution in [0.15, 0.2) is 0 Å². The van der Waals surface area contributed by atoms with E-state index in [0.29, 0.717) is 0 Å². The molecule has 9 nitrogen and oxygen atoms in total. The molecule has 0 aromatic heterocycles. The van der Waals surface area contributed by atoms with E-state index < -0.39 is 38.8 Å². The van der Waals surface area contributed by atoms with Crippen molar-refractivity contribution in [3.63, 3.8) is 0 Å². The van der Waals surface area contributed by atoms with Crippen molar-refractivity contribution in [1.29, 1.82) is 0 Å². The third-order valence-corrected chi connectivity index (χ3v) is 2.13. The molecule has 4 atom stereocenters. The van der Waals surface area contributed by atoms with Crippen LogP contribution in [0, 0.1) is 0 Å². The first-order valence-corrected chi connectivity index (χ1v) is 5.59. The van der Waals surface area contributed by atoms with Gasteiger partial charge in [-0.05, 0) is 0 Å². The minimum absolute atomic E-state index is 0. The normalized spacial score (nSPS) is 18.7. The molecule has 2 radical (unpaired) electrons. The summed E-state index contributed by atoms with van der Waals surface area (Å²) in [4.78, 5) is 26.6. The maximum absolute atomic E-state index is 10.2. The van der Waals surface area contributed by atoms with E-state index in [2.05, 4.69) is 4.52 Å². The Bertz CT molecular complexity index is 268. The molecule has 17 heavy (non-hydrogen) atoms. The molecule has 0 rings (SSSR count). The first-order chi connectivity index (χ1) is 7.19. The van der Waals surface area contributed by atoms with Gasteiger partial charge in [-0.3, -0.25) is 4.52 Å². The number of phosphoric acid groups is 1. The second-order valence-corrected chi connectivity index (χ2v) is 4.20. The Morgan fingerprint density at radius 3 is 1.94 bits per heavy atom. The van der Waals surface area contributed by atoms with E-state index in [0.717, 1.165) is 0 Å². The molecule has 6 N–H and O–H groups in total. The van der Waals surface area contributed by atoms with Crippen molar-refractivity contribution in [3.05, 3.63) is 0 Å². The predicted molar refractivity (Wildman–Crippen MR) is 53.8 cm³/mol. The molecule has 98 valence electrons. The van der Waals surface area contributed by atoms with Crippen LogP contribution in [0.3, 0.4) is 0 Å². The van der Waals surface area contributed by atoms with Crippen molar-refractivity contribution in [1.82, 2.24) is 0 Å². The summed E-state index contributed by atoms with van der Waals surface area (Å²) >= 11 is 0. The molecule has 0 spiro atoms. The van der Waals surface area contributed by atoms with Crippen LogP contribution in [0.2, 0.25) is 0 Å². The summed E-state index contributed by atoms with van der Waals surface area (Å²) in [5, 5.41) is 36.1. The molecule has 0 fully saturated rings. The van der Waals surface area contributed by atoms with Crippen LogP contribution in [0.1, 0.15) is 0 Å². The van der Waals surface area contributed by atoms with Crippen molar-refractivity contribution in [3.8, 4) is 0 Å². The van der Waals surface area contributed by atoms with Gasteiger partial charge in [0, 0.05) is 48.9 Å². The van der Waals surface area contributed by atoms with Crippen LogP contribution in [-0.4, -0.2) is 116 Å². The van der Waals surface area contributed by atoms with Gasteiger partial charge in [-0.25, -0.2) is 4.57 Å². The minimum Gasteiger partial charge on any atom is -0.388 e. The van der Waals surface area contributed by atoms with Gasteiger partial charge >= 0.3 is 7.82 Å². The average molecular weight is 397 g/mol. The topological polar surface area (TPSA) is 165 Å². The number of carbonyl (C=O) groups is 1. The molecule has 0 aliphatic rings. The number of carbonyl (C=O) groups excluding carboxylic acids is 1. The van der Waals surface area contributed by atoms with Gasteiger partial charge in [-0.15, -0.1) is 0 Å². The zero-order valence-corrected chi connectivity index (χ0v) is 14.0. The largest absolute Gasteiger partial charge is 0.469 e. The van der Waals surface area contributed by atoms with Gasteiger partial charge in [0.1, 0.15) is 24.4 Å². The summed E-state index contributed by atoms with van der Waals surface area (Å²) in [6, 6.07) is 0. The summed E-state index contributed by atoms with van der Waals surface area (Å²) < 4.78 is 14.1. The maximum Gasteiger partial charge on any atom is 0.469 e. The Balaban J connectivity index is 0. The Kier molecular flexibility index (Phi) is 11.0. The number of hydrogen-bond donors (Lipinski definition) is 6. The first-order valence-electron chi connectivity index (χ1n) is 4.06. The molecule has 0 heterocycles. The van der Waals surface area contributed by atoms with Gasteiger partial charge in [-0.1, -0.05) is 0 Å². The molecule has 0 amide bonds.